The topological polar surface area (TPSA) is 63.1 Å². The van der Waals surface area contributed by atoms with Crippen LogP contribution in [-0.4, -0.2) is 45.7 Å². The highest BCUT2D eigenvalue weighted by atomic mass is 16.5. The van der Waals surface area contributed by atoms with Gasteiger partial charge in [-0.05, 0) is 67.7 Å². The predicted octanol–water partition coefficient (Wildman–Crippen LogP) is 3.95. The molecule has 0 spiro atoms. The van der Waals surface area contributed by atoms with Crippen molar-refractivity contribution in [2.24, 2.45) is 7.05 Å². The Morgan fingerprint density at radius 2 is 1.83 bits per heavy atom. The molecule has 4 aromatic rings. The van der Waals surface area contributed by atoms with Crippen LogP contribution in [0.3, 0.4) is 0 Å². The number of fused-ring (bicyclic) bond motifs is 3. The molecular weight excluding hydrogens is 376 g/mol. The number of hydrogen-bond donors (Lipinski definition) is 1. The number of nitrogens with zero attached hydrogens (tertiary/aromatic N) is 3. The Bertz CT molecular complexity index is 1230. The zero-order valence-corrected chi connectivity index (χ0v) is 17.2. The number of rotatable bonds is 6. The van der Waals surface area contributed by atoms with Crippen molar-refractivity contribution < 1.29 is 4.74 Å². The number of pyridine rings is 1. The lowest BCUT2D eigenvalue weighted by Gasteiger charge is -2.14. The first-order valence-corrected chi connectivity index (χ1v) is 10.6. The van der Waals surface area contributed by atoms with E-state index in [0.717, 1.165) is 58.4 Å². The second kappa shape index (κ2) is 7.95. The number of aromatic nitrogens is 3. The molecule has 0 unspecified atom stereocenters. The van der Waals surface area contributed by atoms with Gasteiger partial charge in [0, 0.05) is 19.0 Å². The molecule has 0 radical (unpaired) electrons. The molecule has 0 bridgehead atoms. The van der Waals surface area contributed by atoms with Gasteiger partial charge in [-0.15, -0.1) is 0 Å². The highest BCUT2D eigenvalue weighted by Crippen LogP contribution is 2.28. The Hall–Kier alpha value is -3.12. The van der Waals surface area contributed by atoms with Crippen molar-refractivity contribution in [3.05, 3.63) is 59.1 Å². The zero-order valence-electron chi connectivity index (χ0n) is 17.2. The Morgan fingerprint density at radius 1 is 1.07 bits per heavy atom. The van der Waals surface area contributed by atoms with Crippen molar-refractivity contribution in [3.8, 4) is 16.9 Å². The highest BCUT2D eigenvalue weighted by Gasteiger charge is 2.11. The minimum Gasteiger partial charge on any atom is -0.494 e. The third-order valence-corrected chi connectivity index (χ3v) is 6.02. The molecule has 1 aliphatic rings. The van der Waals surface area contributed by atoms with Gasteiger partial charge in [-0.2, -0.15) is 0 Å². The zero-order chi connectivity index (χ0) is 20.5. The second-order valence-electron chi connectivity index (χ2n) is 8.01. The van der Waals surface area contributed by atoms with Crippen LogP contribution in [0.4, 0.5) is 0 Å². The first-order chi connectivity index (χ1) is 14.7. The van der Waals surface area contributed by atoms with E-state index in [2.05, 4.69) is 39.1 Å². The van der Waals surface area contributed by atoms with Crippen LogP contribution < -0.4 is 10.4 Å². The average molecular weight is 402 g/mol. The number of aryl methyl sites for hydroxylation is 1. The number of likely N-dealkylation sites (tertiary alicyclic amines) is 1. The summed E-state index contributed by atoms with van der Waals surface area (Å²) in [5, 5.41) is 0.949. The molecule has 0 amide bonds. The smallest absolute Gasteiger partial charge is 0.326 e. The lowest BCUT2D eigenvalue weighted by atomic mass is 10.0. The fraction of sp³-hybridized carbons (Fsp3) is 0.333. The van der Waals surface area contributed by atoms with E-state index in [1.807, 2.05) is 18.2 Å². The van der Waals surface area contributed by atoms with Gasteiger partial charge in [0.15, 0.2) is 0 Å². The summed E-state index contributed by atoms with van der Waals surface area (Å²) in [6.45, 7) is 4.34. The van der Waals surface area contributed by atoms with Crippen molar-refractivity contribution in [2.75, 3.05) is 26.2 Å². The molecule has 1 fully saturated rings. The van der Waals surface area contributed by atoms with E-state index >= 15 is 0 Å². The minimum atomic E-state index is -0.129. The monoisotopic (exact) mass is 402 g/mol. The summed E-state index contributed by atoms with van der Waals surface area (Å²) in [5.41, 5.74) is 4.57. The van der Waals surface area contributed by atoms with E-state index in [-0.39, 0.29) is 5.69 Å². The molecule has 0 atom stereocenters. The van der Waals surface area contributed by atoms with Gasteiger partial charge in [0.2, 0.25) is 0 Å². The quantitative estimate of drug-likeness (QED) is 0.496. The third kappa shape index (κ3) is 3.59. The van der Waals surface area contributed by atoms with Crippen LogP contribution in [0.2, 0.25) is 0 Å². The Balaban J connectivity index is 1.32. The van der Waals surface area contributed by atoms with Crippen molar-refractivity contribution in [1.82, 2.24) is 19.4 Å². The SMILES string of the molecule is Cn1c(=O)[nH]c2c3cc(-c4ccc(OCCCN5CCCC5)cc4)ccc3ncc21. The fourth-order valence-corrected chi connectivity index (χ4v) is 4.28. The van der Waals surface area contributed by atoms with Crippen LogP contribution in [0.25, 0.3) is 33.1 Å². The van der Waals surface area contributed by atoms with E-state index in [1.54, 1.807) is 17.8 Å². The summed E-state index contributed by atoms with van der Waals surface area (Å²) in [5.74, 6) is 0.900. The van der Waals surface area contributed by atoms with Crippen molar-refractivity contribution in [3.63, 3.8) is 0 Å². The number of benzene rings is 2. The van der Waals surface area contributed by atoms with Crippen LogP contribution in [0.15, 0.2) is 53.5 Å². The molecule has 154 valence electrons. The Morgan fingerprint density at radius 3 is 2.63 bits per heavy atom. The van der Waals surface area contributed by atoms with E-state index < -0.39 is 0 Å². The van der Waals surface area contributed by atoms with Crippen molar-refractivity contribution in [2.45, 2.75) is 19.3 Å². The summed E-state index contributed by atoms with van der Waals surface area (Å²) in [6, 6.07) is 14.4. The maximum Gasteiger partial charge on any atom is 0.326 e. The summed E-state index contributed by atoms with van der Waals surface area (Å²) >= 11 is 0. The average Bonchev–Trinajstić information content (AvgIpc) is 3.40. The molecular formula is C24H26N4O2. The number of hydrogen-bond acceptors (Lipinski definition) is 4. The second-order valence-corrected chi connectivity index (χ2v) is 8.01. The van der Waals surface area contributed by atoms with Crippen LogP contribution in [0.5, 0.6) is 5.75 Å². The molecule has 0 aliphatic carbocycles. The normalized spacial score (nSPS) is 14.7. The molecule has 6 heteroatoms. The first kappa shape index (κ1) is 18.9. The summed E-state index contributed by atoms with van der Waals surface area (Å²) in [4.78, 5) is 22.0. The van der Waals surface area contributed by atoms with Gasteiger partial charge in [-0.3, -0.25) is 9.55 Å². The largest absolute Gasteiger partial charge is 0.494 e. The summed E-state index contributed by atoms with van der Waals surface area (Å²) in [6.07, 6.45) is 5.47. The van der Waals surface area contributed by atoms with Gasteiger partial charge in [-0.25, -0.2) is 4.79 Å². The summed E-state index contributed by atoms with van der Waals surface area (Å²) < 4.78 is 7.51. The van der Waals surface area contributed by atoms with Gasteiger partial charge in [-0.1, -0.05) is 18.2 Å². The van der Waals surface area contributed by atoms with Gasteiger partial charge < -0.3 is 14.6 Å². The van der Waals surface area contributed by atoms with E-state index in [0.29, 0.717) is 0 Å². The molecule has 30 heavy (non-hydrogen) atoms. The number of aromatic amines is 1. The molecule has 1 aliphatic heterocycles. The molecule has 3 heterocycles. The first-order valence-electron chi connectivity index (χ1n) is 10.6. The highest BCUT2D eigenvalue weighted by molar-refractivity contribution is 6.03. The van der Waals surface area contributed by atoms with Crippen LogP contribution in [-0.2, 0) is 7.05 Å². The lowest BCUT2D eigenvalue weighted by molar-refractivity contribution is 0.263. The van der Waals surface area contributed by atoms with E-state index in [1.165, 1.54) is 25.9 Å². The van der Waals surface area contributed by atoms with Gasteiger partial charge in [0.25, 0.3) is 0 Å². The van der Waals surface area contributed by atoms with Crippen LogP contribution in [0, 0.1) is 0 Å². The maximum atomic E-state index is 12.0. The standard InChI is InChI=1S/C24H26N4O2/c1-27-22-16-25-21-10-7-18(15-20(21)23(22)26-24(27)29)17-5-8-19(9-6-17)30-14-4-13-28-11-2-3-12-28/h5-10,15-16H,2-4,11-14H2,1H3,(H,26,29). The minimum absolute atomic E-state index is 0.129. The molecule has 1 saturated heterocycles. The summed E-state index contributed by atoms with van der Waals surface area (Å²) in [7, 11) is 1.75. The molecule has 5 rings (SSSR count). The Kier molecular flexibility index (Phi) is 5.01. The van der Waals surface area contributed by atoms with Gasteiger partial charge in [0.1, 0.15) is 5.75 Å². The third-order valence-electron chi connectivity index (χ3n) is 6.02. The molecule has 0 saturated carbocycles. The number of ether oxygens (including phenoxy) is 1. The van der Waals surface area contributed by atoms with Crippen molar-refractivity contribution in [1.29, 1.82) is 0 Å². The maximum absolute atomic E-state index is 12.0. The van der Waals surface area contributed by atoms with Gasteiger partial charge in [0.05, 0.1) is 29.4 Å². The van der Waals surface area contributed by atoms with Crippen LogP contribution >= 0.6 is 0 Å². The lowest BCUT2D eigenvalue weighted by Crippen LogP contribution is -2.21. The molecule has 6 nitrogen and oxygen atoms in total. The number of nitrogens with one attached hydrogen (secondary N) is 1. The fourth-order valence-electron chi connectivity index (χ4n) is 4.28. The van der Waals surface area contributed by atoms with Gasteiger partial charge >= 0.3 is 5.69 Å². The number of imidazole rings is 1. The van der Waals surface area contributed by atoms with E-state index in [4.69, 9.17) is 4.74 Å². The number of H-pyrrole nitrogens is 1. The Labute approximate surface area is 175 Å². The van der Waals surface area contributed by atoms with E-state index in [9.17, 15) is 4.79 Å². The molecule has 2 aromatic carbocycles. The molecule has 1 N–H and O–H groups in total. The van der Waals surface area contributed by atoms with Crippen molar-refractivity contribution >= 4 is 21.9 Å². The molecule has 2 aromatic heterocycles. The van der Waals surface area contributed by atoms with Crippen LogP contribution in [0.1, 0.15) is 19.3 Å². The predicted molar refractivity (Wildman–Crippen MR) is 120 cm³/mol.